The molecule has 5 nitrogen and oxygen atoms in total. The standard InChI is InChI=1S/C19H26N2O3/c22-19-10-9-17-7-3-4-8-18(17)21(19)24-14-6-2-1-5-11-20-12-15-23-16-13-20/h3-4,7-10H,1-2,5-6,11-16H2. The summed E-state index contributed by atoms with van der Waals surface area (Å²) in [4.78, 5) is 20.2. The molecule has 1 aliphatic rings. The van der Waals surface area contributed by atoms with Gasteiger partial charge in [0.05, 0.1) is 18.7 Å². The second kappa shape index (κ2) is 8.85. The van der Waals surface area contributed by atoms with Gasteiger partial charge in [0.15, 0.2) is 0 Å². The first-order valence-electron chi connectivity index (χ1n) is 8.89. The Labute approximate surface area is 142 Å². The fraction of sp³-hybridized carbons (Fsp3) is 0.526. The average molecular weight is 330 g/mol. The summed E-state index contributed by atoms with van der Waals surface area (Å²) in [7, 11) is 0. The first-order valence-corrected chi connectivity index (χ1v) is 8.89. The van der Waals surface area contributed by atoms with Crippen LogP contribution in [0.4, 0.5) is 0 Å². The molecule has 0 saturated carbocycles. The zero-order chi connectivity index (χ0) is 16.6. The number of hydrogen-bond donors (Lipinski definition) is 0. The normalized spacial score (nSPS) is 15.7. The summed E-state index contributed by atoms with van der Waals surface area (Å²) < 4.78 is 6.77. The lowest BCUT2D eigenvalue weighted by molar-refractivity contribution is 0.0370. The molecule has 2 heterocycles. The van der Waals surface area contributed by atoms with Crippen LogP contribution in [0.2, 0.25) is 0 Å². The van der Waals surface area contributed by atoms with Gasteiger partial charge in [-0.3, -0.25) is 9.69 Å². The Bertz CT molecular complexity index is 692. The van der Waals surface area contributed by atoms with Gasteiger partial charge in [-0.05, 0) is 37.9 Å². The molecule has 3 rings (SSSR count). The van der Waals surface area contributed by atoms with Crippen molar-refractivity contribution >= 4 is 10.9 Å². The summed E-state index contributed by atoms with van der Waals surface area (Å²) in [6.07, 6.45) is 4.52. The summed E-state index contributed by atoms with van der Waals surface area (Å²) in [5.41, 5.74) is 0.721. The Hall–Kier alpha value is -1.85. The van der Waals surface area contributed by atoms with Crippen LogP contribution in [0, 0.1) is 0 Å². The van der Waals surface area contributed by atoms with Crippen LogP contribution in [0.15, 0.2) is 41.2 Å². The molecule has 24 heavy (non-hydrogen) atoms. The number of aromatic nitrogens is 1. The minimum absolute atomic E-state index is 0.110. The molecule has 1 fully saturated rings. The van der Waals surface area contributed by atoms with Crippen LogP contribution in [0.5, 0.6) is 0 Å². The molecular weight excluding hydrogens is 304 g/mol. The fourth-order valence-corrected chi connectivity index (χ4v) is 3.07. The molecular formula is C19H26N2O3. The highest BCUT2D eigenvalue weighted by Gasteiger charge is 2.09. The molecule has 1 saturated heterocycles. The van der Waals surface area contributed by atoms with Crippen molar-refractivity contribution in [1.82, 2.24) is 9.63 Å². The third-order valence-electron chi connectivity index (χ3n) is 4.45. The summed E-state index contributed by atoms with van der Waals surface area (Å²) >= 11 is 0. The molecule has 1 aromatic heterocycles. The number of pyridine rings is 1. The Kier molecular flexibility index (Phi) is 6.26. The van der Waals surface area contributed by atoms with Crippen LogP contribution in [0.3, 0.4) is 0 Å². The number of fused-ring (bicyclic) bond motifs is 1. The Morgan fingerprint density at radius 2 is 1.75 bits per heavy atom. The van der Waals surface area contributed by atoms with E-state index in [2.05, 4.69) is 4.90 Å². The van der Waals surface area contributed by atoms with E-state index in [0.29, 0.717) is 6.61 Å². The highest BCUT2D eigenvalue weighted by molar-refractivity contribution is 5.78. The molecule has 1 aliphatic heterocycles. The SMILES string of the molecule is O=c1ccc2ccccc2n1OCCCCCCN1CCOCC1. The highest BCUT2D eigenvalue weighted by Crippen LogP contribution is 2.10. The van der Waals surface area contributed by atoms with Gasteiger partial charge in [0.25, 0.3) is 5.56 Å². The molecule has 0 spiro atoms. The van der Waals surface area contributed by atoms with Crippen molar-refractivity contribution < 1.29 is 9.57 Å². The molecule has 5 heteroatoms. The van der Waals surface area contributed by atoms with Crippen molar-refractivity contribution in [3.05, 3.63) is 46.8 Å². The van der Waals surface area contributed by atoms with E-state index in [4.69, 9.17) is 9.57 Å². The van der Waals surface area contributed by atoms with E-state index in [9.17, 15) is 4.79 Å². The molecule has 0 N–H and O–H groups in total. The van der Waals surface area contributed by atoms with E-state index in [1.807, 2.05) is 30.3 Å². The van der Waals surface area contributed by atoms with E-state index in [1.165, 1.54) is 17.6 Å². The summed E-state index contributed by atoms with van der Waals surface area (Å²) in [6, 6.07) is 11.2. The van der Waals surface area contributed by atoms with Crippen LogP contribution in [-0.4, -0.2) is 49.1 Å². The summed E-state index contributed by atoms with van der Waals surface area (Å²) in [5.74, 6) is 0. The minimum atomic E-state index is -0.110. The van der Waals surface area contributed by atoms with Gasteiger partial charge in [0, 0.05) is 24.5 Å². The average Bonchev–Trinajstić information content (AvgIpc) is 2.63. The lowest BCUT2D eigenvalue weighted by Gasteiger charge is -2.26. The van der Waals surface area contributed by atoms with Crippen molar-refractivity contribution in [2.45, 2.75) is 25.7 Å². The molecule has 130 valence electrons. The van der Waals surface area contributed by atoms with Crippen molar-refractivity contribution in [2.24, 2.45) is 0 Å². The predicted molar refractivity (Wildman–Crippen MR) is 95.4 cm³/mol. The van der Waals surface area contributed by atoms with Gasteiger partial charge in [-0.1, -0.05) is 24.6 Å². The first kappa shape index (κ1) is 17.0. The predicted octanol–water partition coefficient (Wildman–Crippen LogP) is 2.32. The number of unbranched alkanes of at least 4 members (excludes halogenated alkanes) is 3. The van der Waals surface area contributed by atoms with Crippen LogP contribution in [0.1, 0.15) is 25.7 Å². The zero-order valence-corrected chi connectivity index (χ0v) is 14.2. The third kappa shape index (κ3) is 4.58. The molecule has 0 radical (unpaired) electrons. The first-order chi connectivity index (χ1) is 11.8. The Morgan fingerprint density at radius 3 is 2.62 bits per heavy atom. The smallest absolute Gasteiger partial charge is 0.283 e. The second-order valence-electron chi connectivity index (χ2n) is 6.23. The maximum atomic E-state index is 12.0. The Balaban J connectivity index is 1.38. The van der Waals surface area contributed by atoms with E-state index < -0.39 is 0 Å². The number of ether oxygens (including phenoxy) is 1. The lowest BCUT2D eigenvalue weighted by atomic mass is 10.2. The van der Waals surface area contributed by atoms with E-state index in [0.717, 1.165) is 56.6 Å². The minimum Gasteiger partial charge on any atom is -0.410 e. The summed E-state index contributed by atoms with van der Waals surface area (Å²) in [5, 5.41) is 1.02. The maximum absolute atomic E-state index is 12.0. The van der Waals surface area contributed by atoms with Gasteiger partial charge >= 0.3 is 0 Å². The van der Waals surface area contributed by atoms with E-state index in [-0.39, 0.29) is 5.56 Å². The number of rotatable bonds is 8. The van der Waals surface area contributed by atoms with Gasteiger partial charge in [0.2, 0.25) is 0 Å². The third-order valence-corrected chi connectivity index (χ3v) is 4.45. The quantitative estimate of drug-likeness (QED) is 0.697. The summed E-state index contributed by atoms with van der Waals surface area (Å²) in [6.45, 7) is 5.60. The van der Waals surface area contributed by atoms with Crippen LogP contribution in [-0.2, 0) is 4.74 Å². The number of morpholine rings is 1. The van der Waals surface area contributed by atoms with E-state index >= 15 is 0 Å². The van der Waals surface area contributed by atoms with Gasteiger partial charge in [-0.2, -0.15) is 0 Å². The monoisotopic (exact) mass is 330 g/mol. The molecule has 0 amide bonds. The van der Waals surface area contributed by atoms with Crippen molar-refractivity contribution in [3.63, 3.8) is 0 Å². The van der Waals surface area contributed by atoms with Crippen LogP contribution < -0.4 is 10.4 Å². The zero-order valence-electron chi connectivity index (χ0n) is 14.2. The van der Waals surface area contributed by atoms with E-state index in [1.54, 1.807) is 6.07 Å². The molecule has 1 aromatic carbocycles. The molecule has 0 bridgehead atoms. The highest BCUT2D eigenvalue weighted by atomic mass is 16.7. The van der Waals surface area contributed by atoms with Crippen LogP contribution in [0.25, 0.3) is 10.9 Å². The largest absolute Gasteiger partial charge is 0.410 e. The maximum Gasteiger partial charge on any atom is 0.283 e. The second-order valence-corrected chi connectivity index (χ2v) is 6.23. The molecule has 0 aliphatic carbocycles. The van der Waals surface area contributed by atoms with Crippen molar-refractivity contribution in [2.75, 3.05) is 39.5 Å². The molecule has 0 atom stereocenters. The topological polar surface area (TPSA) is 43.7 Å². The van der Waals surface area contributed by atoms with Gasteiger partial charge in [0.1, 0.15) is 6.61 Å². The number of nitrogens with zero attached hydrogens (tertiary/aromatic N) is 2. The number of hydrogen-bond acceptors (Lipinski definition) is 4. The molecule has 2 aromatic rings. The van der Waals surface area contributed by atoms with Gasteiger partial charge < -0.3 is 9.57 Å². The molecule has 0 unspecified atom stereocenters. The van der Waals surface area contributed by atoms with Gasteiger partial charge in [-0.15, -0.1) is 4.73 Å². The Morgan fingerprint density at radius 1 is 0.958 bits per heavy atom. The lowest BCUT2D eigenvalue weighted by Crippen LogP contribution is -2.36. The number of benzene rings is 1. The van der Waals surface area contributed by atoms with Crippen molar-refractivity contribution in [1.29, 1.82) is 0 Å². The van der Waals surface area contributed by atoms with Gasteiger partial charge in [-0.25, -0.2) is 0 Å². The van der Waals surface area contributed by atoms with Crippen molar-refractivity contribution in [3.8, 4) is 0 Å². The fourth-order valence-electron chi connectivity index (χ4n) is 3.07. The number of para-hydroxylation sites is 1. The van der Waals surface area contributed by atoms with Crippen LogP contribution >= 0.6 is 0 Å².